The van der Waals surface area contributed by atoms with Gasteiger partial charge < -0.3 is 19.9 Å². The average molecular weight is 540 g/mol. The molecule has 3 saturated heterocycles. The van der Waals surface area contributed by atoms with E-state index in [9.17, 15) is 0 Å². The van der Waals surface area contributed by atoms with E-state index >= 15 is 0 Å². The number of ether oxygens (including phenoxy) is 1. The highest BCUT2D eigenvalue weighted by molar-refractivity contribution is 5.89. The first-order valence-electron chi connectivity index (χ1n) is 15.1. The number of nitrogens with two attached hydrogens (primary N) is 1. The van der Waals surface area contributed by atoms with E-state index in [1.807, 2.05) is 6.33 Å². The molecule has 5 heterocycles. The molecular weight excluding hydrogens is 498 g/mol. The van der Waals surface area contributed by atoms with Crippen molar-refractivity contribution in [1.82, 2.24) is 24.4 Å². The van der Waals surface area contributed by atoms with E-state index in [-0.39, 0.29) is 11.1 Å². The Morgan fingerprint density at radius 3 is 2.45 bits per heavy atom. The van der Waals surface area contributed by atoms with Crippen LogP contribution in [0.3, 0.4) is 0 Å². The minimum Gasteiger partial charge on any atom is -0.474 e. The lowest BCUT2D eigenvalue weighted by molar-refractivity contribution is 0.111. The highest BCUT2D eigenvalue weighted by Crippen LogP contribution is 2.40. The summed E-state index contributed by atoms with van der Waals surface area (Å²) in [6, 6.07) is 13.2. The second-order valence-corrected chi connectivity index (χ2v) is 12.5. The Balaban J connectivity index is 1.29. The van der Waals surface area contributed by atoms with Gasteiger partial charge in [-0.1, -0.05) is 43.3 Å². The molecule has 3 aliphatic heterocycles. The van der Waals surface area contributed by atoms with Gasteiger partial charge in [-0.25, -0.2) is 4.98 Å². The lowest BCUT2D eigenvalue weighted by Gasteiger charge is -2.38. The van der Waals surface area contributed by atoms with Crippen LogP contribution in [0.2, 0.25) is 0 Å². The van der Waals surface area contributed by atoms with Crippen LogP contribution in [0.5, 0.6) is 5.88 Å². The Hall–Kier alpha value is -3.23. The molecular formula is C32H41N7O. The molecule has 2 aromatic heterocycles. The van der Waals surface area contributed by atoms with Gasteiger partial charge in [-0.15, -0.1) is 0 Å². The Morgan fingerprint density at radius 1 is 0.950 bits per heavy atom. The predicted molar refractivity (Wildman–Crippen MR) is 160 cm³/mol. The van der Waals surface area contributed by atoms with Crippen molar-refractivity contribution in [2.45, 2.75) is 76.4 Å². The standard InChI is InChI=1S/C32H41N7O/c1-3-23-9-4-10-24-11-5-12-25(26(23)24)19-38-22-34-27-28(38)35-30(37-16-6-13-31(2,33)20-37)36-29(27)40-21-32-14-7-17-39(32)18-8-15-32/h4-5,9-12,22H,3,6-8,13-21,33H2,1-2H3. The molecule has 0 radical (unpaired) electrons. The number of hydrogen-bond acceptors (Lipinski definition) is 7. The predicted octanol–water partition coefficient (Wildman–Crippen LogP) is 4.92. The SMILES string of the molecule is CCc1cccc2cccc(Cn3cnc4c(OCC56CCCN5CCC6)nc(N5CCCC(C)(N)C5)nc43)c12. The van der Waals surface area contributed by atoms with Crippen LogP contribution in [-0.4, -0.2) is 68.3 Å². The van der Waals surface area contributed by atoms with E-state index in [4.69, 9.17) is 25.4 Å². The summed E-state index contributed by atoms with van der Waals surface area (Å²) in [5.74, 6) is 1.29. The molecule has 210 valence electrons. The number of hydrogen-bond donors (Lipinski definition) is 1. The number of aromatic nitrogens is 4. The van der Waals surface area contributed by atoms with Gasteiger partial charge in [-0.2, -0.15) is 9.97 Å². The molecule has 1 atom stereocenters. The van der Waals surface area contributed by atoms with E-state index in [1.165, 1.54) is 60.7 Å². The van der Waals surface area contributed by atoms with Crippen LogP contribution in [-0.2, 0) is 13.0 Å². The molecule has 2 N–H and O–H groups in total. The highest BCUT2D eigenvalue weighted by atomic mass is 16.5. The highest BCUT2D eigenvalue weighted by Gasteiger charge is 2.45. The minimum atomic E-state index is -0.259. The molecule has 40 heavy (non-hydrogen) atoms. The maximum Gasteiger partial charge on any atom is 0.247 e. The van der Waals surface area contributed by atoms with Crippen LogP contribution < -0.4 is 15.4 Å². The lowest BCUT2D eigenvalue weighted by Crippen LogP contribution is -2.52. The number of nitrogens with zero attached hydrogens (tertiary/aromatic N) is 6. The number of benzene rings is 2. The molecule has 0 bridgehead atoms. The summed E-state index contributed by atoms with van der Waals surface area (Å²) in [7, 11) is 0. The van der Waals surface area contributed by atoms with Crippen molar-refractivity contribution in [2.75, 3.05) is 37.7 Å². The quantitative estimate of drug-likeness (QED) is 0.357. The van der Waals surface area contributed by atoms with Crippen molar-refractivity contribution in [1.29, 1.82) is 0 Å². The second-order valence-electron chi connectivity index (χ2n) is 12.5. The Morgan fingerprint density at radius 2 is 1.70 bits per heavy atom. The van der Waals surface area contributed by atoms with Crippen molar-refractivity contribution in [3.05, 3.63) is 53.9 Å². The molecule has 3 aliphatic rings. The van der Waals surface area contributed by atoms with Gasteiger partial charge in [-0.05, 0) is 86.9 Å². The van der Waals surface area contributed by atoms with E-state index in [0.717, 1.165) is 43.5 Å². The fourth-order valence-corrected chi connectivity index (χ4v) is 7.48. The number of anilines is 1. The van der Waals surface area contributed by atoms with Crippen LogP contribution >= 0.6 is 0 Å². The maximum atomic E-state index is 6.64. The normalized spacial score (nSPS) is 22.8. The van der Waals surface area contributed by atoms with Gasteiger partial charge in [0, 0.05) is 18.6 Å². The Labute approximate surface area is 236 Å². The van der Waals surface area contributed by atoms with Gasteiger partial charge in [0.1, 0.15) is 6.61 Å². The summed E-state index contributed by atoms with van der Waals surface area (Å²) < 4.78 is 8.80. The van der Waals surface area contributed by atoms with E-state index < -0.39 is 0 Å². The molecule has 8 heteroatoms. The molecule has 4 aromatic rings. The molecule has 0 aliphatic carbocycles. The fraction of sp³-hybridized carbons (Fsp3) is 0.531. The van der Waals surface area contributed by atoms with Crippen molar-refractivity contribution in [2.24, 2.45) is 5.73 Å². The van der Waals surface area contributed by atoms with Crippen molar-refractivity contribution in [3.63, 3.8) is 0 Å². The van der Waals surface area contributed by atoms with E-state index in [2.05, 4.69) is 64.6 Å². The van der Waals surface area contributed by atoms with Crippen molar-refractivity contribution < 1.29 is 4.74 Å². The Bertz CT molecular complexity index is 1530. The molecule has 0 spiro atoms. The number of imidazole rings is 1. The number of fused-ring (bicyclic) bond motifs is 3. The average Bonchev–Trinajstić information content (AvgIpc) is 3.65. The first kappa shape index (κ1) is 25.7. The van der Waals surface area contributed by atoms with E-state index in [1.54, 1.807) is 0 Å². The topological polar surface area (TPSA) is 85.3 Å². The summed E-state index contributed by atoms with van der Waals surface area (Å²) in [6.07, 6.45) is 9.81. The van der Waals surface area contributed by atoms with Gasteiger partial charge in [0.2, 0.25) is 11.8 Å². The number of rotatable bonds is 7. The summed E-state index contributed by atoms with van der Waals surface area (Å²) in [5.41, 5.74) is 10.7. The first-order valence-corrected chi connectivity index (χ1v) is 15.1. The van der Waals surface area contributed by atoms with Crippen molar-refractivity contribution in [3.8, 4) is 5.88 Å². The minimum absolute atomic E-state index is 0.139. The molecule has 2 aromatic carbocycles. The summed E-state index contributed by atoms with van der Waals surface area (Å²) in [5, 5.41) is 2.60. The summed E-state index contributed by atoms with van der Waals surface area (Å²) in [6.45, 7) is 9.67. The Kier molecular flexibility index (Phi) is 6.43. The molecule has 8 nitrogen and oxygen atoms in total. The molecule has 1 unspecified atom stereocenters. The zero-order chi connectivity index (χ0) is 27.3. The molecule has 3 fully saturated rings. The third-order valence-corrected chi connectivity index (χ3v) is 9.52. The largest absolute Gasteiger partial charge is 0.474 e. The number of aryl methyl sites for hydroxylation is 1. The maximum absolute atomic E-state index is 6.64. The van der Waals surface area contributed by atoms with Crippen LogP contribution in [0.25, 0.3) is 21.9 Å². The van der Waals surface area contributed by atoms with Crippen LogP contribution in [0.4, 0.5) is 5.95 Å². The van der Waals surface area contributed by atoms with Gasteiger partial charge in [-0.3, -0.25) is 4.90 Å². The van der Waals surface area contributed by atoms with Crippen molar-refractivity contribution >= 4 is 27.9 Å². The zero-order valence-electron chi connectivity index (χ0n) is 23.9. The second kappa shape index (κ2) is 10.00. The smallest absolute Gasteiger partial charge is 0.247 e. The summed E-state index contributed by atoms with van der Waals surface area (Å²) >= 11 is 0. The van der Waals surface area contributed by atoms with Crippen LogP contribution in [0.1, 0.15) is 63.5 Å². The van der Waals surface area contributed by atoms with Crippen LogP contribution in [0, 0.1) is 0 Å². The van der Waals surface area contributed by atoms with Gasteiger partial charge in [0.25, 0.3) is 0 Å². The fourth-order valence-electron chi connectivity index (χ4n) is 7.48. The molecule has 0 saturated carbocycles. The number of piperidine rings is 1. The third-order valence-electron chi connectivity index (χ3n) is 9.52. The van der Waals surface area contributed by atoms with Gasteiger partial charge in [0.15, 0.2) is 11.2 Å². The van der Waals surface area contributed by atoms with E-state index in [0.29, 0.717) is 25.0 Å². The monoisotopic (exact) mass is 539 g/mol. The van der Waals surface area contributed by atoms with Crippen LogP contribution in [0.15, 0.2) is 42.7 Å². The summed E-state index contributed by atoms with van der Waals surface area (Å²) in [4.78, 5) is 19.8. The molecule has 7 rings (SSSR count). The molecule has 0 amide bonds. The van der Waals surface area contributed by atoms with Gasteiger partial charge >= 0.3 is 0 Å². The zero-order valence-corrected chi connectivity index (χ0v) is 23.9. The third kappa shape index (κ3) is 4.51. The van der Waals surface area contributed by atoms with Gasteiger partial charge in [0.05, 0.1) is 18.4 Å². The first-order chi connectivity index (χ1) is 19.4. The lowest BCUT2D eigenvalue weighted by atomic mass is 9.93.